The first-order valence-corrected chi connectivity index (χ1v) is 13.4. The van der Waals surface area contributed by atoms with Crippen molar-refractivity contribution in [3.05, 3.63) is 23.8 Å². The number of ketones is 2. The molecule has 7 heteroatoms. The molecule has 0 bridgehead atoms. The number of hydrogen-bond donors (Lipinski definition) is 1. The van der Waals surface area contributed by atoms with E-state index in [0.29, 0.717) is 19.3 Å². The van der Waals surface area contributed by atoms with Crippen molar-refractivity contribution in [1.29, 1.82) is 0 Å². The van der Waals surface area contributed by atoms with Crippen LogP contribution >= 0.6 is 23.2 Å². The summed E-state index contributed by atoms with van der Waals surface area (Å²) < 4.78 is 5.31. The van der Waals surface area contributed by atoms with Crippen LogP contribution in [0.2, 0.25) is 0 Å². The second-order valence-corrected chi connectivity index (χ2v) is 12.5. The van der Waals surface area contributed by atoms with Crippen molar-refractivity contribution in [3.8, 4) is 0 Å². The number of esters is 1. The van der Waals surface area contributed by atoms with Gasteiger partial charge in [-0.3, -0.25) is 14.4 Å². The molecule has 0 amide bonds. The van der Waals surface area contributed by atoms with E-state index in [1.807, 2.05) is 19.9 Å². The number of aliphatic hydroxyl groups is 1. The van der Waals surface area contributed by atoms with E-state index in [9.17, 15) is 19.5 Å². The molecule has 9 atom stereocenters. The van der Waals surface area contributed by atoms with E-state index >= 15 is 0 Å². The molecule has 3 saturated carbocycles. The molecule has 0 aromatic rings. The molecular weight excluding hydrogens is 475 g/mol. The maximum absolute atomic E-state index is 13.4. The Morgan fingerprint density at radius 3 is 2.62 bits per heavy atom. The molecule has 0 saturated heterocycles. The van der Waals surface area contributed by atoms with Gasteiger partial charge < -0.3 is 9.84 Å². The van der Waals surface area contributed by atoms with Crippen molar-refractivity contribution < 1.29 is 24.2 Å². The molecule has 0 aromatic heterocycles. The highest BCUT2D eigenvalue weighted by Crippen LogP contribution is 2.71. The Morgan fingerprint density at radius 1 is 1.24 bits per heavy atom. The smallest absolute Gasteiger partial charge is 0.306 e. The normalized spacial score (nSPS) is 45.1. The molecule has 4 aliphatic carbocycles. The first kappa shape index (κ1) is 25.9. The van der Waals surface area contributed by atoms with Crippen molar-refractivity contribution in [2.75, 3.05) is 6.61 Å². The number of ether oxygens (including phenoxy) is 1. The average Bonchev–Trinajstić information content (AvgIpc) is 3.03. The van der Waals surface area contributed by atoms with Crippen LogP contribution in [-0.4, -0.2) is 45.6 Å². The van der Waals surface area contributed by atoms with Crippen LogP contribution in [0.3, 0.4) is 0 Å². The SMILES string of the molecule is CCCCC(=O)OCC(=O)[C@H]1[C@H](C)C[C@H]2[C@@H]3C[C@H](Cl)C4=CC(=O)C=C[C@]4(C)C3(Cl)[C@@H](O)C[C@@]21C. The molecule has 34 heavy (non-hydrogen) atoms. The number of halogens is 2. The van der Waals surface area contributed by atoms with Gasteiger partial charge in [0, 0.05) is 17.8 Å². The largest absolute Gasteiger partial charge is 0.458 e. The van der Waals surface area contributed by atoms with Gasteiger partial charge in [0.15, 0.2) is 11.6 Å². The monoisotopic (exact) mass is 510 g/mol. The third kappa shape index (κ3) is 3.72. The number of Topliss-reactive ketones (excluding diaryl/α,β-unsaturated/α-hetero) is 1. The number of unbranched alkanes of at least 4 members (excludes halogenated alkanes) is 1. The molecule has 0 spiro atoms. The number of rotatable bonds is 6. The lowest BCUT2D eigenvalue weighted by molar-refractivity contribution is -0.153. The topological polar surface area (TPSA) is 80.7 Å². The van der Waals surface area contributed by atoms with E-state index in [-0.39, 0.29) is 53.2 Å². The van der Waals surface area contributed by atoms with E-state index in [1.165, 1.54) is 6.08 Å². The van der Waals surface area contributed by atoms with Gasteiger partial charge in [-0.25, -0.2) is 0 Å². The van der Waals surface area contributed by atoms with Crippen molar-refractivity contribution >= 4 is 40.7 Å². The highest BCUT2D eigenvalue weighted by molar-refractivity contribution is 6.28. The summed E-state index contributed by atoms with van der Waals surface area (Å²) in [6.45, 7) is 7.90. The van der Waals surface area contributed by atoms with Gasteiger partial charge in [-0.2, -0.15) is 0 Å². The fraction of sp³-hybridized carbons (Fsp3) is 0.741. The number of aliphatic hydroxyl groups excluding tert-OH is 1. The number of allylic oxidation sites excluding steroid dienone is 4. The summed E-state index contributed by atoms with van der Waals surface area (Å²) in [5, 5.41) is 11.2. The maximum Gasteiger partial charge on any atom is 0.306 e. The Morgan fingerprint density at radius 2 is 1.94 bits per heavy atom. The maximum atomic E-state index is 13.4. The summed E-state index contributed by atoms with van der Waals surface area (Å²) in [6.07, 6.45) is 7.71. The van der Waals surface area contributed by atoms with Crippen LogP contribution in [0.1, 0.15) is 66.2 Å². The van der Waals surface area contributed by atoms with Crippen LogP contribution in [-0.2, 0) is 19.1 Å². The molecule has 4 rings (SSSR count). The van der Waals surface area contributed by atoms with Crippen LogP contribution in [0, 0.1) is 34.5 Å². The second kappa shape index (κ2) is 9.05. The van der Waals surface area contributed by atoms with Crippen LogP contribution in [0.5, 0.6) is 0 Å². The Bertz CT molecular complexity index is 943. The molecule has 0 aliphatic heterocycles. The number of alkyl halides is 2. The third-order valence-corrected chi connectivity index (χ3v) is 10.8. The Balaban J connectivity index is 1.63. The van der Waals surface area contributed by atoms with Gasteiger partial charge in [-0.05, 0) is 66.6 Å². The minimum atomic E-state index is -1.02. The van der Waals surface area contributed by atoms with Gasteiger partial charge in [-0.1, -0.05) is 40.2 Å². The highest BCUT2D eigenvalue weighted by Gasteiger charge is 2.71. The van der Waals surface area contributed by atoms with Gasteiger partial charge in [0.1, 0.15) is 6.61 Å². The molecule has 188 valence electrons. The molecular formula is C27H36Cl2O5. The van der Waals surface area contributed by atoms with Gasteiger partial charge in [-0.15, -0.1) is 23.2 Å². The lowest BCUT2D eigenvalue weighted by Crippen LogP contribution is -2.67. The zero-order chi connectivity index (χ0) is 25.1. The van der Waals surface area contributed by atoms with Gasteiger partial charge in [0.25, 0.3) is 0 Å². The fourth-order valence-corrected chi connectivity index (χ4v) is 8.86. The number of hydrogen-bond acceptors (Lipinski definition) is 5. The zero-order valence-corrected chi connectivity index (χ0v) is 22.0. The molecule has 0 aromatic carbocycles. The van der Waals surface area contributed by atoms with E-state index in [2.05, 4.69) is 13.8 Å². The summed E-state index contributed by atoms with van der Waals surface area (Å²) in [5.74, 6) is -0.824. The summed E-state index contributed by atoms with van der Waals surface area (Å²) >= 11 is 14.3. The van der Waals surface area contributed by atoms with E-state index in [0.717, 1.165) is 24.8 Å². The minimum Gasteiger partial charge on any atom is -0.458 e. The summed E-state index contributed by atoms with van der Waals surface area (Å²) in [6, 6.07) is 0. The molecule has 0 radical (unpaired) electrons. The molecule has 5 nitrogen and oxygen atoms in total. The molecule has 4 aliphatic rings. The quantitative estimate of drug-likeness (QED) is 0.401. The Labute approximate surface area is 212 Å². The van der Waals surface area contributed by atoms with Crippen molar-refractivity contribution in [2.24, 2.45) is 34.5 Å². The zero-order valence-electron chi connectivity index (χ0n) is 20.5. The Hall–Kier alpha value is -1.17. The summed E-state index contributed by atoms with van der Waals surface area (Å²) in [4.78, 5) is 36.4. The molecule has 1 N–H and O–H groups in total. The summed E-state index contributed by atoms with van der Waals surface area (Å²) in [7, 11) is 0. The van der Waals surface area contributed by atoms with Gasteiger partial charge >= 0.3 is 5.97 Å². The van der Waals surface area contributed by atoms with E-state index < -0.39 is 21.8 Å². The van der Waals surface area contributed by atoms with Gasteiger partial charge in [0.05, 0.1) is 16.4 Å². The lowest BCUT2D eigenvalue weighted by Gasteiger charge is -2.64. The predicted octanol–water partition coefficient (Wildman–Crippen LogP) is 5.01. The van der Waals surface area contributed by atoms with Crippen LogP contribution in [0.4, 0.5) is 0 Å². The van der Waals surface area contributed by atoms with Crippen LogP contribution in [0.15, 0.2) is 23.8 Å². The Kier molecular flexibility index (Phi) is 6.89. The first-order chi connectivity index (χ1) is 15.9. The standard InChI is InChI=1S/C27H36Cl2O5/c1-5-6-7-23(33)34-14-21(31)24-15(2)10-17-18-12-20(28)19-11-16(30)8-9-26(19,4)27(18,29)22(32)13-25(17,24)3/h8-9,11,15,17-18,20,22,24,32H,5-7,10,12-14H2,1-4H3/t15-,17+,18+,20+,22+,24-,25+,26+,27?/m1/s1. The lowest BCUT2D eigenvalue weighted by atomic mass is 9.46. The average molecular weight is 511 g/mol. The van der Waals surface area contributed by atoms with Crippen molar-refractivity contribution in [1.82, 2.24) is 0 Å². The van der Waals surface area contributed by atoms with Crippen LogP contribution in [0.25, 0.3) is 0 Å². The van der Waals surface area contributed by atoms with Gasteiger partial charge in [0.2, 0.25) is 0 Å². The molecule has 0 heterocycles. The van der Waals surface area contributed by atoms with E-state index in [4.69, 9.17) is 27.9 Å². The predicted molar refractivity (Wildman–Crippen MR) is 132 cm³/mol. The molecule has 1 unspecified atom stereocenters. The number of carbonyl (C=O) groups is 3. The minimum absolute atomic E-state index is 0.0741. The van der Waals surface area contributed by atoms with Crippen molar-refractivity contribution in [2.45, 2.75) is 82.6 Å². The summed E-state index contributed by atoms with van der Waals surface area (Å²) in [5.41, 5.74) is -0.455. The van der Waals surface area contributed by atoms with E-state index in [1.54, 1.807) is 6.08 Å². The second-order valence-electron chi connectivity index (χ2n) is 11.4. The third-order valence-electron chi connectivity index (χ3n) is 9.43. The van der Waals surface area contributed by atoms with Crippen molar-refractivity contribution in [3.63, 3.8) is 0 Å². The fourth-order valence-electron chi connectivity index (χ4n) is 7.89. The first-order valence-electron chi connectivity index (χ1n) is 12.5. The van der Waals surface area contributed by atoms with Crippen LogP contribution < -0.4 is 0 Å². The number of fused-ring (bicyclic) bond motifs is 5. The number of carbonyl (C=O) groups excluding carboxylic acids is 3. The highest BCUT2D eigenvalue weighted by atomic mass is 35.5. The molecule has 3 fully saturated rings.